The molecule has 0 aromatic heterocycles. The fourth-order valence-corrected chi connectivity index (χ4v) is 2.88. The van der Waals surface area contributed by atoms with Gasteiger partial charge in [-0.15, -0.1) is 0 Å². The number of nitrogens with zero attached hydrogens (tertiary/aromatic N) is 1. The Labute approximate surface area is 93.1 Å². The minimum absolute atomic E-state index is 0.166. The van der Waals surface area contributed by atoms with Crippen molar-refractivity contribution in [2.45, 2.75) is 46.6 Å². The Morgan fingerprint density at radius 1 is 1.29 bits per heavy atom. The van der Waals surface area contributed by atoms with Crippen LogP contribution < -0.4 is 5.32 Å². The minimum atomic E-state index is 0.166. The van der Waals surface area contributed by atoms with Gasteiger partial charge in [0.1, 0.15) is 0 Å². The van der Waals surface area contributed by atoms with E-state index < -0.39 is 0 Å². The first kappa shape index (κ1) is 11.8. The Kier molecular flexibility index (Phi) is 3.10. The molecule has 0 amide bonds. The lowest BCUT2D eigenvalue weighted by molar-refractivity contribution is 0.158. The minimum Gasteiger partial charge on any atom is -0.361 e. The first-order valence-electron chi connectivity index (χ1n) is 5.28. The normalized spacial score (nSPS) is 18.6. The zero-order valence-electron chi connectivity index (χ0n) is 9.98. The van der Waals surface area contributed by atoms with Gasteiger partial charge >= 0.3 is 0 Å². The van der Waals surface area contributed by atoms with Crippen molar-refractivity contribution in [3.05, 3.63) is 0 Å². The van der Waals surface area contributed by atoms with Crippen molar-refractivity contribution in [1.82, 2.24) is 10.2 Å². The molecule has 0 spiro atoms. The molecular weight excluding hydrogens is 192 g/mol. The highest BCUT2D eigenvalue weighted by molar-refractivity contribution is 7.80. The van der Waals surface area contributed by atoms with Crippen molar-refractivity contribution >= 4 is 17.3 Å². The van der Waals surface area contributed by atoms with Crippen molar-refractivity contribution in [3.8, 4) is 0 Å². The molecule has 0 saturated carbocycles. The quantitative estimate of drug-likeness (QED) is 0.711. The predicted molar refractivity (Wildman–Crippen MR) is 65.5 cm³/mol. The highest BCUT2D eigenvalue weighted by Crippen LogP contribution is 2.31. The second-order valence-electron chi connectivity index (χ2n) is 5.93. The molecule has 0 radical (unpaired) electrons. The molecule has 1 rings (SSSR count). The Morgan fingerprint density at radius 3 is 2.21 bits per heavy atom. The van der Waals surface area contributed by atoms with E-state index in [9.17, 15) is 0 Å². The van der Waals surface area contributed by atoms with Crippen LogP contribution in [-0.4, -0.2) is 28.6 Å². The van der Waals surface area contributed by atoms with E-state index in [1.54, 1.807) is 0 Å². The van der Waals surface area contributed by atoms with E-state index in [1.807, 2.05) is 0 Å². The van der Waals surface area contributed by atoms with Gasteiger partial charge < -0.3 is 10.2 Å². The van der Waals surface area contributed by atoms with Gasteiger partial charge in [0, 0.05) is 18.6 Å². The third kappa shape index (κ3) is 2.84. The smallest absolute Gasteiger partial charge is 0.169 e. The van der Waals surface area contributed by atoms with E-state index in [-0.39, 0.29) is 5.54 Å². The molecule has 0 atom stereocenters. The molecule has 14 heavy (non-hydrogen) atoms. The Morgan fingerprint density at radius 2 is 1.86 bits per heavy atom. The van der Waals surface area contributed by atoms with Crippen LogP contribution in [0, 0.1) is 5.41 Å². The monoisotopic (exact) mass is 214 g/mol. The Hall–Kier alpha value is -0.310. The zero-order chi connectivity index (χ0) is 11.0. The van der Waals surface area contributed by atoms with Crippen LogP contribution in [0.15, 0.2) is 0 Å². The van der Waals surface area contributed by atoms with E-state index in [0.717, 1.165) is 24.6 Å². The van der Waals surface area contributed by atoms with Crippen molar-refractivity contribution in [2.75, 3.05) is 13.1 Å². The highest BCUT2D eigenvalue weighted by Gasteiger charge is 2.34. The fraction of sp³-hybridized carbons (Fsp3) is 0.909. The fourth-order valence-electron chi connectivity index (χ4n) is 2.44. The maximum Gasteiger partial charge on any atom is 0.169 e. The lowest BCUT2D eigenvalue weighted by atomic mass is 9.81. The second kappa shape index (κ2) is 3.69. The summed E-state index contributed by atoms with van der Waals surface area (Å²) < 4.78 is 0. The van der Waals surface area contributed by atoms with E-state index in [0.29, 0.717) is 5.41 Å². The number of hydrogen-bond donors (Lipinski definition) is 1. The summed E-state index contributed by atoms with van der Waals surface area (Å²) in [6.07, 6.45) is 1.15. The number of rotatable bonds is 2. The predicted octanol–water partition coefficient (Wildman–Crippen LogP) is 2.39. The molecule has 1 fully saturated rings. The molecule has 1 N–H and O–H groups in total. The summed E-state index contributed by atoms with van der Waals surface area (Å²) in [5.41, 5.74) is 0.514. The van der Waals surface area contributed by atoms with Crippen molar-refractivity contribution in [3.63, 3.8) is 0 Å². The molecule has 1 aliphatic rings. The van der Waals surface area contributed by atoms with E-state index in [1.165, 1.54) is 0 Å². The summed E-state index contributed by atoms with van der Waals surface area (Å²) in [6, 6.07) is 0. The van der Waals surface area contributed by atoms with Crippen LogP contribution in [0.1, 0.15) is 41.0 Å². The molecular formula is C11H22N2S. The summed E-state index contributed by atoms with van der Waals surface area (Å²) in [5, 5.41) is 4.13. The van der Waals surface area contributed by atoms with Crippen molar-refractivity contribution in [1.29, 1.82) is 0 Å². The lowest BCUT2D eigenvalue weighted by Crippen LogP contribution is -2.47. The molecule has 1 saturated heterocycles. The van der Waals surface area contributed by atoms with Crippen LogP contribution in [0.4, 0.5) is 0 Å². The van der Waals surface area contributed by atoms with Crippen LogP contribution in [0.2, 0.25) is 0 Å². The summed E-state index contributed by atoms with van der Waals surface area (Å²) in [5.74, 6) is 0. The van der Waals surface area contributed by atoms with Gasteiger partial charge in [0.2, 0.25) is 0 Å². The molecule has 0 aromatic rings. The van der Waals surface area contributed by atoms with Gasteiger partial charge in [0.25, 0.3) is 0 Å². The van der Waals surface area contributed by atoms with Crippen LogP contribution in [0.3, 0.4) is 0 Å². The molecule has 0 aliphatic carbocycles. The van der Waals surface area contributed by atoms with Gasteiger partial charge in [-0.05, 0) is 37.9 Å². The second-order valence-corrected chi connectivity index (χ2v) is 6.32. The van der Waals surface area contributed by atoms with Gasteiger partial charge in [-0.25, -0.2) is 0 Å². The Bertz CT molecular complexity index is 228. The first-order valence-corrected chi connectivity index (χ1v) is 5.69. The SMILES string of the molecule is CC(C)(C)CC(C)(C)N1CCNC1=S. The topological polar surface area (TPSA) is 15.3 Å². The van der Waals surface area contributed by atoms with Gasteiger partial charge in [0.05, 0.1) is 0 Å². The van der Waals surface area contributed by atoms with Crippen LogP contribution in [-0.2, 0) is 0 Å². The van der Waals surface area contributed by atoms with Crippen molar-refractivity contribution < 1.29 is 0 Å². The summed E-state index contributed by atoms with van der Waals surface area (Å²) >= 11 is 5.29. The summed E-state index contributed by atoms with van der Waals surface area (Å²) in [7, 11) is 0. The Balaban J connectivity index is 2.69. The maximum absolute atomic E-state index is 5.29. The molecule has 2 nitrogen and oxygen atoms in total. The van der Waals surface area contributed by atoms with E-state index in [2.05, 4.69) is 44.8 Å². The zero-order valence-corrected chi connectivity index (χ0v) is 10.8. The van der Waals surface area contributed by atoms with Gasteiger partial charge in [-0.1, -0.05) is 20.8 Å². The van der Waals surface area contributed by atoms with Crippen LogP contribution in [0.5, 0.6) is 0 Å². The standard InChI is InChI=1S/C11H22N2S/c1-10(2,3)8-11(4,5)13-7-6-12-9(13)14/h6-8H2,1-5H3,(H,12,14). The largest absolute Gasteiger partial charge is 0.361 e. The average molecular weight is 214 g/mol. The molecule has 1 aliphatic heterocycles. The summed E-state index contributed by atoms with van der Waals surface area (Å²) in [4.78, 5) is 2.31. The average Bonchev–Trinajstić information content (AvgIpc) is 2.29. The molecule has 0 unspecified atom stereocenters. The summed E-state index contributed by atoms with van der Waals surface area (Å²) in [6.45, 7) is 13.4. The van der Waals surface area contributed by atoms with Gasteiger partial charge in [0.15, 0.2) is 5.11 Å². The van der Waals surface area contributed by atoms with Gasteiger partial charge in [-0.3, -0.25) is 0 Å². The lowest BCUT2D eigenvalue weighted by Gasteiger charge is -2.40. The van der Waals surface area contributed by atoms with E-state index >= 15 is 0 Å². The molecule has 82 valence electrons. The molecule has 0 aromatic carbocycles. The number of nitrogens with one attached hydrogen (secondary N) is 1. The van der Waals surface area contributed by atoms with Gasteiger partial charge in [-0.2, -0.15) is 0 Å². The molecule has 1 heterocycles. The molecule has 3 heteroatoms. The van der Waals surface area contributed by atoms with Crippen molar-refractivity contribution in [2.24, 2.45) is 5.41 Å². The highest BCUT2D eigenvalue weighted by atomic mass is 32.1. The van der Waals surface area contributed by atoms with Crippen LogP contribution in [0.25, 0.3) is 0 Å². The van der Waals surface area contributed by atoms with Crippen LogP contribution >= 0.6 is 12.2 Å². The van der Waals surface area contributed by atoms with E-state index in [4.69, 9.17) is 12.2 Å². The number of hydrogen-bond acceptors (Lipinski definition) is 1. The first-order chi connectivity index (χ1) is 6.22. The third-order valence-corrected chi connectivity index (χ3v) is 2.92. The third-order valence-electron chi connectivity index (χ3n) is 2.55. The molecule has 0 bridgehead atoms. The maximum atomic E-state index is 5.29. The number of thiocarbonyl (C=S) groups is 1.